The average molecular weight is 310 g/mol. The van der Waals surface area contributed by atoms with E-state index in [-0.39, 0.29) is 12.5 Å². The number of rotatable bonds is 5. The summed E-state index contributed by atoms with van der Waals surface area (Å²) in [5.41, 5.74) is 1.62. The summed E-state index contributed by atoms with van der Waals surface area (Å²) >= 11 is 11.8. The van der Waals surface area contributed by atoms with Gasteiger partial charge in [0.15, 0.2) is 0 Å². The maximum Gasteiger partial charge on any atom is 0.239 e. The first-order chi connectivity index (χ1) is 9.65. The van der Waals surface area contributed by atoms with Crippen molar-refractivity contribution in [3.8, 4) is 0 Å². The molecule has 0 aliphatic carbocycles. The normalized spacial score (nSPS) is 10.1. The molecule has 2 rings (SSSR count). The van der Waals surface area contributed by atoms with E-state index in [0.29, 0.717) is 22.3 Å². The smallest absolute Gasteiger partial charge is 0.239 e. The van der Waals surface area contributed by atoms with Crippen LogP contribution in [0, 0.1) is 0 Å². The number of hydrogen-bond donors (Lipinski definition) is 2. The lowest BCUT2D eigenvalue weighted by atomic mass is 10.3. The minimum Gasteiger partial charge on any atom is -0.375 e. The van der Waals surface area contributed by atoms with Crippen molar-refractivity contribution in [2.24, 2.45) is 0 Å². The van der Waals surface area contributed by atoms with Crippen molar-refractivity contribution in [2.75, 3.05) is 11.9 Å². The maximum atomic E-state index is 11.7. The van der Waals surface area contributed by atoms with E-state index in [9.17, 15) is 4.79 Å². The lowest BCUT2D eigenvalue weighted by molar-refractivity contribution is -0.119. The van der Waals surface area contributed by atoms with E-state index in [4.69, 9.17) is 23.2 Å². The molecule has 2 aromatic rings. The average Bonchev–Trinajstić information content (AvgIpc) is 2.45. The van der Waals surface area contributed by atoms with Crippen LogP contribution in [0.25, 0.3) is 0 Å². The minimum atomic E-state index is -0.125. The number of hydrogen-bond acceptors (Lipinski definition) is 3. The van der Waals surface area contributed by atoms with Crippen molar-refractivity contribution in [2.45, 2.75) is 6.54 Å². The first-order valence-electron chi connectivity index (χ1n) is 5.99. The molecule has 0 aliphatic heterocycles. The highest BCUT2D eigenvalue weighted by molar-refractivity contribution is 6.36. The molecule has 0 fully saturated rings. The Balaban J connectivity index is 1.80. The minimum absolute atomic E-state index is 0.125. The summed E-state index contributed by atoms with van der Waals surface area (Å²) in [6.07, 6.45) is 3.40. The molecule has 0 radical (unpaired) electrons. The molecule has 0 saturated carbocycles. The van der Waals surface area contributed by atoms with Gasteiger partial charge in [-0.05, 0) is 29.8 Å². The molecule has 1 amide bonds. The topological polar surface area (TPSA) is 54.0 Å². The molecular weight excluding hydrogens is 297 g/mol. The fourth-order valence-electron chi connectivity index (χ4n) is 1.57. The SMILES string of the molecule is O=C(CNc1ccc(Cl)cc1Cl)NCc1cccnc1. The number of halogens is 2. The monoisotopic (exact) mass is 309 g/mol. The van der Waals surface area contributed by atoms with Crippen molar-refractivity contribution in [3.63, 3.8) is 0 Å². The number of aromatic nitrogens is 1. The predicted molar refractivity (Wildman–Crippen MR) is 81.0 cm³/mol. The Bertz CT molecular complexity index is 590. The molecule has 1 heterocycles. The number of carbonyl (C=O) groups excluding carboxylic acids is 1. The van der Waals surface area contributed by atoms with Gasteiger partial charge < -0.3 is 10.6 Å². The van der Waals surface area contributed by atoms with Crippen molar-refractivity contribution >= 4 is 34.8 Å². The number of nitrogens with one attached hydrogen (secondary N) is 2. The van der Waals surface area contributed by atoms with E-state index >= 15 is 0 Å². The largest absolute Gasteiger partial charge is 0.375 e. The second-order valence-corrected chi connectivity index (χ2v) is 4.96. The summed E-state index contributed by atoms with van der Waals surface area (Å²) in [5.74, 6) is -0.125. The van der Waals surface area contributed by atoms with Gasteiger partial charge in [0, 0.05) is 24.0 Å². The fourth-order valence-corrected chi connectivity index (χ4v) is 2.05. The van der Waals surface area contributed by atoms with Gasteiger partial charge in [0.25, 0.3) is 0 Å². The van der Waals surface area contributed by atoms with Crippen molar-refractivity contribution in [1.82, 2.24) is 10.3 Å². The van der Waals surface area contributed by atoms with Crippen LogP contribution in [0.4, 0.5) is 5.69 Å². The van der Waals surface area contributed by atoms with Gasteiger partial charge in [-0.1, -0.05) is 29.3 Å². The third-order valence-corrected chi connectivity index (χ3v) is 3.13. The lowest BCUT2D eigenvalue weighted by Crippen LogP contribution is -2.29. The van der Waals surface area contributed by atoms with E-state index in [2.05, 4.69) is 15.6 Å². The molecule has 4 nitrogen and oxygen atoms in total. The third kappa shape index (κ3) is 4.40. The highest BCUT2D eigenvalue weighted by Crippen LogP contribution is 2.24. The molecule has 0 atom stereocenters. The van der Waals surface area contributed by atoms with Crippen molar-refractivity contribution < 1.29 is 4.79 Å². The molecule has 0 saturated heterocycles. The van der Waals surface area contributed by atoms with Crippen LogP contribution in [0.1, 0.15) is 5.56 Å². The van der Waals surface area contributed by atoms with Crippen molar-refractivity contribution in [3.05, 3.63) is 58.3 Å². The summed E-state index contributed by atoms with van der Waals surface area (Å²) in [4.78, 5) is 15.7. The number of nitrogens with zero attached hydrogens (tertiary/aromatic N) is 1. The molecule has 1 aromatic heterocycles. The molecule has 20 heavy (non-hydrogen) atoms. The zero-order chi connectivity index (χ0) is 14.4. The second kappa shape index (κ2) is 7.12. The van der Waals surface area contributed by atoms with Gasteiger partial charge in [-0.25, -0.2) is 0 Å². The number of pyridine rings is 1. The number of benzene rings is 1. The summed E-state index contributed by atoms with van der Waals surface area (Å²) < 4.78 is 0. The number of carbonyl (C=O) groups is 1. The molecule has 0 aliphatic rings. The van der Waals surface area contributed by atoms with E-state index in [0.717, 1.165) is 5.56 Å². The Hall–Kier alpha value is -1.78. The van der Waals surface area contributed by atoms with Crippen LogP contribution in [-0.4, -0.2) is 17.4 Å². The maximum absolute atomic E-state index is 11.7. The molecule has 0 unspecified atom stereocenters. The predicted octanol–water partition coefficient (Wildman–Crippen LogP) is 3.12. The molecule has 0 bridgehead atoms. The number of anilines is 1. The summed E-state index contributed by atoms with van der Waals surface area (Å²) in [6, 6.07) is 8.80. The second-order valence-electron chi connectivity index (χ2n) is 4.12. The van der Waals surface area contributed by atoms with Crippen LogP contribution >= 0.6 is 23.2 Å². The van der Waals surface area contributed by atoms with Crippen LogP contribution in [0.5, 0.6) is 0 Å². The van der Waals surface area contributed by atoms with Gasteiger partial charge in [0.1, 0.15) is 0 Å². The summed E-state index contributed by atoms with van der Waals surface area (Å²) in [5, 5.41) is 6.79. The molecular formula is C14H13Cl2N3O. The Labute approximate surface area is 127 Å². The molecule has 2 N–H and O–H groups in total. The zero-order valence-corrected chi connectivity index (χ0v) is 12.1. The Morgan fingerprint density at radius 2 is 2.10 bits per heavy atom. The molecule has 1 aromatic carbocycles. The molecule has 104 valence electrons. The van der Waals surface area contributed by atoms with Crippen LogP contribution < -0.4 is 10.6 Å². The Kier molecular flexibility index (Phi) is 5.21. The summed E-state index contributed by atoms with van der Waals surface area (Å²) in [7, 11) is 0. The van der Waals surface area contributed by atoms with Crippen molar-refractivity contribution in [1.29, 1.82) is 0 Å². The lowest BCUT2D eigenvalue weighted by Gasteiger charge is -2.09. The third-order valence-electron chi connectivity index (χ3n) is 2.58. The Morgan fingerprint density at radius 3 is 2.80 bits per heavy atom. The van der Waals surface area contributed by atoms with Crippen LogP contribution in [0.3, 0.4) is 0 Å². The van der Waals surface area contributed by atoms with Crippen LogP contribution in [0.15, 0.2) is 42.7 Å². The highest BCUT2D eigenvalue weighted by Gasteiger charge is 2.04. The van der Waals surface area contributed by atoms with E-state index < -0.39 is 0 Å². The van der Waals surface area contributed by atoms with Gasteiger partial charge >= 0.3 is 0 Å². The first-order valence-corrected chi connectivity index (χ1v) is 6.75. The molecule has 6 heteroatoms. The van der Waals surface area contributed by atoms with Crippen LogP contribution in [-0.2, 0) is 11.3 Å². The first kappa shape index (κ1) is 14.6. The highest BCUT2D eigenvalue weighted by atomic mass is 35.5. The summed E-state index contributed by atoms with van der Waals surface area (Å²) in [6.45, 7) is 0.588. The van der Waals surface area contributed by atoms with Crippen LogP contribution in [0.2, 0.25) is 10.0 Å². The molecule has 0 spiro atoms. The van der Waals surface area contributed by atoms with Gasteiger partial charge in [0.2, 0.25) is 5.91 Å². The number of amides is 1. The zero-order valence-electron chi connectivity index (χ0n) is 10.6. The quantitative estimate of drug-likeness (QED) is 0.892. The van der Waals surface area contributed by atoms with Gasteiger partial charge in [-0.3, -0.25) is 9.78 Å². The Morgan fingerprint density at radius 1 is 1.25 bits per heavy atom. The standard InChI is InChI=1S/C14H13Cl2N3O/c15-11-3-4-13(12(16)6-11)18-9-14(20)19-8-10-2-1-5-17-7-10/h1-7,18H,8-9H2,(H,19,20). The van der Waals surface area contributed by atoms with Gasteiger partial charge in [0.05, 0.1) is 17.3 Å². The fraction of sp³-hybridized carbons (Fsp3) is 0.143. The van der Waals surface area contributed by atoms with Gasteiger partial charge in [-0.15, -0.1) is 0 Å². The van der Waals surface area contributed by atoms with E-state index in [1.165, 1.54) is 0 Å². The van der Waals surface area contributed by atoms with Gasteiger partial charge in [-0.2, -0.15) is 0 Å². The van der Waals surface area contributed by atoms with E-state index in [1.54, 1.807) is 30.6 Å². The van der Waals surface area contributed by atoms with E-state index in [1.807, 2.05) is 12.1 Å².